The maximum Gasteiger partial charge on any atom is 0.348 e. The fourth-order valence-corrected chi connectivity index (χ4v) is 6.23. The summed E-state index contributed by atoms with van der Waals surface area (Å²) in [5.41, 5.74) is 6.20. The lowest BCUT2D eigenvalue weighted by Crippen LogP contribution is -2.33. The molecular formula is C26H22BrN4O6P. The average Bonchev–Trinajstić information content (AvgIpc) is 2.90. The predicted molar refractivity (Wildman–Crippen MR) is 149 cm³/mol. The monoisotopic (exact) mass is 596 g/mol. The van der Waals surface area contributed by atoms with Gasteiger partial charge in [0.25, 0.3) is 11.5 Å². The number of ether oxygens (including phenoxy) is 1. The van der Waals surface area contributed by atoms with E-state index in [0.29, 0.717) is 16.6 Å². The lowest BCUT2D eigenvalue weighted by atomic mass is 10.1. The fraction of sp³-hybridized carbons (Fsp3) is 0.115. The largest absolute Gasteiger partial charge is 0.506 e. The molecule has 0 saturated carbocycles. The molecule has 4 N–H and O–H groups in total. The Morgan fingerprint density at radius 3 is 2.68 bits per heavy atom. The van der Waals surface area contributed by atoms with Crippen molar-refractivity contribution in [2.24, 2.45) is 10.5 Å². The number of nitrogens with zero attached hydrogens (tertiary/aromatic N) is 2. The summed E-state index contributed by atoms with van der Waals surface area (Å²) < 4.78 is 31.1. The number of carbonyl (C=O) groups is 1. The second-order valence-electron chi connectivity index (χ2n) is 8.47. The third-order valence-electron chi connectivity index (χ3n) is 6.00. The van der Waals surface area contributed by atoms with E-state index in [0.717, 1.165) is 10.0 Å². The van der Waals surface area contributed by atoms with Crippen molar-refractivity contribution in [2.75, 3.05) is 19.0 Å². The summed E-state index contributed by atoms with van der Waals surface area (Å²) >= 11 is 3.46. The minimum Gasteiger partial charge on any atom is -0.506 e. The number of anilines is 1. The van der Waals surface area contributed by atoms with Crippen LogP contribution in [0, 0.1) is 0 Å². The van der Waals surface area contributed by atoms with Gasteiger partial charge in [-0.25, -0.2) is 0 Å². The highest BCUT2D eigenvalue weighted by Crippen LogP contribution is 2.52. The molecule has 1 aliphatic rings. The molecule has 194 valence electrons. The number of rotatable bonds is 7. The number of primary amides is 1. The molecule has 5 rings (SSSR count). The second-order valence-corrected chi connectivity index (χ2v) is 11.5. The quantitative estimate of drug-likeness (QED) is 0.276. The third kappa shape index (κ3) is 4.71. The number of aromatic hydroxyl groups is 1. The van der Waals surface area contributed by atoms with Gasteiger partial charge in [0.1, 0.15) is 17.1 Å². The Kier molecular flexibility index (Phi) is 6.83. The number of para-hydroxylation sites is 1. The lowest BCUT2D eigenvalue weighted by Gasteiger charge is -2.25. The van der Waals surface area contributed by atoms with Crippen molar-refractivity contribution in [1.29, 1.82) is 0 Å². The summed E-state index contributed by atoms with van der Waals surface area (Å²) in [6, 6.07) is 19.1. The molecule has 0 radical (unpaired) electrons. The summed E-state index contributed by atoms with van der Waals surface area (Å²) in [6.45, 7) is -0.140. The van der Waals surface area contributed by atoms with Gasteiger partial charge in [-0.15, -0.1) is 0 Å². The standard InChI is InChI=1S/C26H22BrN4O6P/c1-36-38(35)21-12-17(37-14-22(28)32)9-10-19(21)29-25(30-38)23-24(33)18-7-2-3-8-20(18)31(26(23)34)13-15-5-4-6-16(27)11-15/h2-12,33H,13-14H2,1H3,(H2,28,32)(H,29,30,35). The molecule has 1 atom stereocenters. The van der Waals surface area contributed by atoms with Crippen LogP contribution in [0.2, 0.25) is 0 Å². The van der Waals surface area contributed by atoms with Crippen LogP contribution in [-0.2, 0) is 20.4 Å². The number of amidine groups is 1. The normalized spacial score (nSPS) is 16.4. The van der Waals surface area contributed by atoms with Crippen LogP contribution in [0.5, 0.6) is 11.5 Å². The second kappa shape index (κ2) is 10.1. The number of fused-ring (bicyclic) bond motifs is 2. The summed E-state index contributed by atoms with van der Waals surface area (Å²) in [4.78, 5) is 25.0. The van der Waals surface area contributed by atoms with Gasteiger partial charge in [0.2, 0.25) is 0 Å². The molecule has 0 saturated heterocycles. The molecule has 1 unspecified atom stereocenters. The Morgan fingerprint density at radius 2 is 1.95 bits per heavy atom. The fourth-order valence-electron chi connectivity index (χ4n) is 4.26. The highest BCUT2D eigenvalue weighted by atomic mass is 79.9. The zero-order valence-corrected chi connectivity index (χ0v) is 22.5. The van der Waals surface area contributed by atoms with Gasteiger partial charge < -0.3 is 30.0 Å². The lowest BCUT2D eigenvalue weighted by molar-refractivity contribution is -0.119. The average molecular weight is 597 g/mol. The molecule has 0 spiro atoms. The number of carbonyl (C=O) groups excluding carboxylic acids is 1. The zero-order chi connectivity index (χ0) is 27.0. The molecule has 1 amide bonds. The molecule has 38 heavy (non-hydrogen) atoms. The summed E-state index contributed by atoms with van der Waals surface area (Å²) in [6.07, 6.45) is 0. The highest BCUT2D eigenvalue weighted by Gasteiger charge is 2.35. The van der Waals surface area contributed by atoms with Crippen molar-refractivity contribution in [2.45, 2.75) is 6.54 Å². The van der Waals surface area contributed by atoms with Gasteiger partial charge in [-0.2, -0.15) is 4.76 Å². The van der Waals surface area contributed by atoms with Crippen molar-refractivity contribution in [1.82, 2.24) is 4.57 Å². The van der Waals surface area contributed by atoms with Crippen LogP contribution in [-0.4, -0.2) is 35.1 Å². The van der Waals surface area contributed by atoms with Crippen molar-refractivity contribution in [3.05, 3.63) is 92.7 Å². The Labute approximate surface area is 225 Å². The number of hydrogen-bond donors (Lipinski definition) is 3. The third-order valence-corrected chi connectivity index (χ3v) is 8.43. The van der Waals surface area contributed by atoms with Crippen LogP contribution in [0.1, 0.15) is 11.1 Å². The maximum absolute atomic E-state index is 13.9. The van der Waals surface area contributed by atoms with Gasteiger partial charge in [0.05, 0.1) is 23.1 Å². The van der Waals surface area contributed by atoms with E-state index in [1.54, 1.807) is 36.4 Å². The Bertz CT molecular complexity index is 1740. The molecule has 4 aromatic rings. The number of hydrogen-bond acceptors (Lipinski definition) is 7. The molecule has 0 fully saturated rings. The van der Waals surface area contributed by atoms with E-state index in [1.807, 2.05) is 24.3 Å². The van der Waals surface area contributed by atoms with E-state index >= 15 is 0 Å². The summed E-state index contributed by atoms with van der Waals surface area (Å²) in [5, 5.41) is 14.9. The van der Waals surface area contributed by atoms with Gasteiger partial charge in [-0.3, -0.25) is 14.2 Å². The maximum atomic E-state index is 13.9. The van der Waals surface area contributed by atoms with Crippen LogP contribution in [0.25, 0.3) is 10.9 Å². The van der Waals surface area contributed by atoms with Gasteiger partial charge in [-0.1, -0.05) is 40.2 Å². The van der Waals surface area contributed by atoms with E-state index in [9.17, 15) is 19.3 Å². The molecule has 0 bridgehead atoms. The van der Waals surface area contributed by atoms with E-state index in [2.05, 4.69) is 26.0 Å². The first-order valence-corrected chi connectivity index (χ1v) is 13.8. The molecule has 2 heterocycles. The van der Waals surface area contributed by atoms with Crippen molar-refractivity contribution < 1.29 is 23.7 Å². The van der Waals surface area contributed by atoms with Crippen LogP contribution in [0.4, 0.5) is 5.69 Å². The highest BCUT2D eigenvalue weighted by molar-refractivity contribution is 9.10. The Balaban J connectivity index is 1.67. The minimum atomic E-state index is -3.90. The van der Waals surface area contributed by atoms with Crippen LogP contribution < -0.4 is 26.7 Å². The summed E-state index contributed by atoms with van der Waals surface area (Å²) in [5.74, 6) is -0.813. The van der Waals surface area contributed by atoms with Crippen LogP contribution >= 0.6 is 23.4 Å². The summed E-state index contributed by atoms with van der Waals surface area (Å²) in [7, 11) is -2.67. The zero-order valence-electron chi connectivity index (χ0n) is 20.1. The number of halogens is 1. The predicted octanol–water partition coefficient (Wildman–Crippen LogP) is 3.72. The first-order chi connectivity index (χ1) is 18.2. The molecule has 1 aromatic heterocycles. The molecule has 12 heteroatoms. The first-order valence-electron chi connectivity index (χ1n) is 11.4. The molecule has 1 aliphatic heterocycles. The number of amides is 1. The Hall–Kier alpha value is -3.92. The molecular weight excluding hydrogens is 575 g/mol. The van der Waals surface area contributed by atoms with Gasteiger partial charge >= 0.3 is 7.52 Å². The van der Waals surface area contributed by atoms with E-state index < -0.39 is 19.0 Å². The topological polar surface area (TPSA) is 145 Å². The van der Waals surface area contributed by atoms with E-state index in [-0.39, 0.29) is 41.4 Å². The minimum absolute atomic E-state index is 0.0928. The van der Waals surface area contributed by atoms with Crippen molar-refractivity contribution >= 4 is 57.1 Å². The van der Waals surface area contributed by atoms with E-state index in [4.69, 9.17) is 15.0 Å². The van der Waals surface area contributed by atoms with E-state index in [1.165, 1.54) is 17.7 Å². The smallest absolute Gasteiger partial charge is 0.348 e. The van der Waals surface area contributed by atoms with Gasteiger partial charge in [0, 0.05) is 17.0 Å². The number of nitrogens with one attached hydrogen (secondary N) is 1. The molecule has 0 aliphatic carbocycles. The number of aromatic nitrogens is 1. The number of pyridine rings is 1. The van der Waals surface area contributed by atoms with Gasteiger partial charge in [0.15, 0.2) is 12.4 Å². The van der Waals surface area contributed by atoms with Crippen LogP contribution in [0.3, 0.4) is 0 Å². The molecule has 10 nitrogen and oxygen atoms in total. The number of benzene rings is 3. The van der Waals surface area contributed by atoms with Crippen molar-refractivity contribution in [3.63, 3.8) is 0 Å². The Morgan fingerprint density at radius 1 is 1.16 bits per heavy atom. The first kappa shape index (κ1) is 25.7. The number of nitrogens with two attached hydrogens (primary N) is 1. The van der Waals surface area contributed by atoms with Crippen molar-refractivity contribution in [3.8, 4) is 11.5 Å². The van der Waals surface area contributed by atoms with Gasteiger partial charge in [-0.05, 0) is 48.0 Å². The SMILES string of the molecule is COP1(=O)N=C(c2c(O)c3ccccc3n(Cc3cccc(Br)c3)c2=O)Nc2ccc(OCC(N)=O)cc21. The molecule has 3 aromatic carbocycles. The van der Waals surface area contributed by atoms with Crippen LogP contribution in [0.15, 0.2) is 80.8 Å².